The van der Waals surface area contributed by atoms with Gasteiger partial charge in [-0.15, -0.1) is 5.48 Å². The molecule has 2 saturated heterocycles. The maximum atomic E-state index is 15.5. The summed E-state index contributed by atoms with van der Waals surface area (Å²) in [6.07, 6.45) is 6.79. The molecule has 7 aromatic rings. The van der Waals surface area contributed by atoms with Gasteiger partial charge >= 0.3 is 11.8 Å². The number of carbonyl (C=O) groups is 2. The van der Waals surface area contributed by atoms with Crippen LogP contribution in [0.5, 0.6) is 0 Å². The van der Waals surface area contributed by atoms with Crippen LogP contribution in [0.15, 0.2) is 78.0 Å². The third-order valence-electron chi connectivity index (χ3n) is 14.1. The van der Waals surface area contributed by atoms with Gasteiger partial charge < -0.3 is 19.0 Å². The zero-order valence-electron chi connectivity index (χ0n) is 36.0. The van der Waals surface area contributed by atoms with Crippen molar-refractivity contribution in [2.45, 2.75) is 83.6 Å². The predicted octanol–water partition coefficient (Wildman–Crippen LogP) is 6.80. The molecule has 4 aromatic heterocycles. The largest absolute Gasteiger partial charge is 0.427 e. The molecule has 3 aromatic carbocycles. The summed E-state index contributed by atoms with van der Waals surface area (Å²) in [5, 5.41) is 14.1. The van der Waals surface area contributed by atoms with Crippen molar-refractivity contribution in [1.82, 2.24) is 49.0 Å². The number of ether oxygens (including phenoxy) is 1. The van der Waals surface area contributed by atoms with Crippen molar-refractivity contribution >= 4 is 33.8 Å². The monoisotopic (exact) mass is 870 g/mol. The summed E-state index contributed by atoms with van der Waals surface area (Å²) in [4.78, 5) is 49.7. The fourth-order valence-corrected chi connectivity index (χ4v) is 10.7. The third-order valence-corrected chi connectivity index (χ3v) is 14.1. The van der Waals surface area contributed by atoms with Gasteiger partial charge in [0.25, 0.3) is 5.91 Å². The molecule has 11 rings (SSSR count). The quantitative estimate of drug-likeness (QED) is 0.161. The van der Waals surface area contributed by atoms with E-state index in [9.17, 15) is 14.0 Å². The highest BCUT2D eigenvalue weighted by molar-refractivity contribution is 6.00. The van der Waals surface area contributed by atoms with E-state index in [0.717, 1.165) is 40.3 Å². The summed E-state index contributed by atoms with van der Waals surface area (Å²) < 4.78 is 42.4. The maximum absolute atomic E-state index is 15.5. The van der Waals surface area contributed by atoms with Crippen molar-refractivity contribution in [2.75, 3.05) is 26.4 Å². The minimum atomic E-state index is -0.692. The fourth-order valence-electron chi connectivity index (χ4n) is 10.7. The molecule has 2 amide bonds. The molecule has 3 fully saturated rings. The average molecular weight is 871 g/mol. The van der Waals surface area contributed by atoms with Crippen molar-refractivity contribution in [3.05, 3.63) is 123 Å². The van der Waals surface area contributed by atoms with Crippen LogP contribution in [0.1, 0.15) is 83.5 Å². The first kappa shape index (κ1) is 40.2. The van der Waals surface area contributed by atoms with Gasteiger partial charge in [-0.25, -0.2) is 23.1 Å². The van der Waals surface area contributed by atoms with Gasteiger partial charge in [0.1, 0.15) is 30.2 Å². The second-order valence-electron chi connectivity index (χ2n) is 17.8. The fraction of sp³-hybridized carbons (Fsp3) is 0.383. The molecule has 7 heterocycles. The topological polar surface area (TPSA) is 147 Å². The van der Waals surface area contributed by atoms with Crippen LogP contribution in [0, 0.1) is 25.6 Å². The number of hydrogen-bond acceptors (Lipinski definition) is 8. The van der Waals surface area contributed by atoms with E-state index in [-0.39, 0.29) is 29.9 Å². The molecule has 0 spiro atoms. The lowest BCUT2D eigenvalue weighted by molar-refractivity contribution is 0.0653. The van der Waals surface area contributed by atoms with Gasteiger partial charge in [-0.2, -0.15) is 10.2 Å². The molecule has 4 aliphatic rings. The van der Waals surface area contributed by atoms with Crippen LogP contribution in [0.3, 0.4) is 0 Å². The number of imidazole rings is 1. The Morgan fingerprint density at radius 2 is 1.69 bits per heavy atom. The number of carbonyl (C=O) groups excluding carboxylic acids is 2. The summed E-state index contributed by atoms with van der Waals surface area (Å²) >= 11 is 0. The maximum Gasteiger partial charge on any atom is 0.427 e. The molecule has 2 N–H and O–H groups in total. The standard InChI is InChI=1S/C47H48F2N10O5/c1-26-19-35(20-27(2)41(26)49)59-42(56-16-15-55(46(56)62)34-6-8-37-33(22-34)25-50-57(37)14-12-48)40-29(4)54(13-9-36(40)52-59)43(60)39-23-32-21-31(30-10-17-63-18-11-30)5-7-38(32)58(39)47(24-28(47)3)44-51-45(61)64-53-44/h5-8,15-16,19-23,25,28-30,44,53H,9-14,17-18,24H2,1-4H3,(H,51,61)/t28-,29-,44?,47-/m0/s1. The predicted molar refractivity (Wildman–Crippen MR) is 233 cm³/mol. The van der Waals surface area contributed by atoms with Gasteiger partial charge in [0.05, 0.1) is 46.9 Å². The summed E-state index contributed by atoms with van der Waals surface area (Å²) in [6.45, 7) is 8.79. The van der Waals surface area contributed by atoms with Gasteiger partial charge in [0, 0.05) is 60.4 Å². The number of benzene rings is 3. The molecular weight excluding hydrogens is 823 g/mol. The van der Waals surface area contributed by atoms with E-state index in [2.05, 4.69) is 45.6 Å². The molecule has 0 radical (unpaired) electrons. The number of fused-ring (bicyclic) bond motifs is 3. The number of hydroxylamine groups is 1. The number of nitrogens with one attached hydrogen (secondary N) is 2. The van der Waals surface area contributed by atoms with Crippen molar-refractivity contribution in [2.24, 2.45) is 5.92 Å². The van der Waals surface area contributed by atoms with Gasteiger partial charge in [0.2, 0.25) is 0 Å². The molecule has 3 aliphatic heterocycles. The minimum Gasteiger partial charge on any atom is -0.381 e. The van der Waals surface area contributed by atoms with Crippen molar-refractivity contribution in [3.8, 4) is 17.2 Å². The lowest BCUT2D eigenvalue weighted by Crippen LogP contribution is -2.49. The van der Waals surface area contributed by atoms with Gasteiger partial charge in [-0.3, -0.25) is 23.9 Å². The molecule has 17 heteroatoms. The first-order valence-electron chi connectivity index (χ1n) is 22.0. The van der Waals surface area contributed by atoms with E-state index in [1.54, 1.807) is 60.0 Å². The van der Waals surface area contributed by atoms with Crippen LogP contribution in [0.4, 0.5) is 13.6 Å². The SMILES string of the molecule is Cc1cc(-n2nc3c(c2-n2ccn(-c4ccc5c(cnn5CCF)c4)c2=O)[C@H](C)N(C(=O)c2cc4cc(C5CCOCC5)ccc4n2[C@@]2(C4NOC(=O)N4)C[C@@H]2C)CC3)cc(C)c1F. The van der Waals surface area contributed by atoms with Crippen molar-refractivity contribution < 1.29 is 27.9 Å². The smallest absolute Gasteiger partial charge is 0.381 e. The van der Waals surface area contributed by atoms with Crippen LogP contribution in [-0.4, -0.2) is 82.8 Å². The molecule has 1 unspecified atom stereocenters. The molecule has 1 saturated carbocycles. The Hall–Kier alpha value is -6.59. The highest BCUT2D eigenvalue weighted by Crippen LogP contribution is 2.55. The Morgan fingerprint density at radius 1 is 0.938 bits per heavy atom. The molecule has 64 heavy (non-hydrogen) atoms. The summed E-state index contributed by atoms with van der Waals surface area (Å²) in [7, 11) is 0. The zero-order valence-corrected chi connectivity index (χ0v) is 36.0. The summed E-state index contributed by atoms with van der Waals surface area (Å²) in [5.74, 6) is 0.345. The van der Waals surface area contributed by atoms with E-state index >= 15 is 9.18 Å². The van der Waals surface area contributed by atoms with E-state index in [4.69, 9.17) is 14.7 Å². The summed E-state index contributed by atoms with van der Waals surface area (Å²) in [5.41, 5.74) is 8.58. The van der Waals surface area contributed by atoms with Crippen LogP contribution in [-0.2, 0) is 28.1 Å². The Balaban J connectivity index is 1.04. The zero-order chi connectivity index (χ0) is 44.2. The van der Waals surface area contributed by atoms with E-state index in [0.29, 0.717) is 78.1 Å². The number of nitrogens with zero attached hydrogens (tertiary/aromatic N) is 8. The van der Waals surface area contributed by atoms with Crippen molar-refractivity contribution in [3.63, 3.8) is 0 Å². The van der Waals surface area contributed by atoms with Crippen LogP contribution >= 0.6 is 0 Å². The molecule has 330 valence electrons. The van der Waals surface area contributed by atoms with Crippen LogP contribution in [0.2, 0.25) is 0 Å². The van der Waals surface area contributed by atoms with E-state index < -0.39 is 30.5 Å². The number of amides is 2. The molecule has 1 aliphatic carbocycles. The normalized spacial score (nSPS) is 22.3. The highest BCUT2D eigenvalue weighted by Gasteiger charge is 2.62. The van der Waals surface area contributed by atoms with E-state index in [1.807, 2.05) is 30.0 Å². The number of aryl methyl sites for hydroxylation is 3. The second-order valence-corrected chi connectivity index (χ2v) is 17.8. The number of hydrogen-bond donors (Lipinski definition) is 2. The number of alkyl halides is 1. The highest BCUT2D eigenvalue weighted by atomic mass is 19.1. The minimum absolute atomic E-state index is 0.0881. The first-order chi connectivity index (χ1) is 31.0. The Kier molecular flexibility index (Phi) is 9.43. The lowest BCUT2D eigenvalue weighted by Gasteiger charge is -2.35. The Bertz CT molecular complexity index is 3080. The van der Waals surface area contributed by atoms with Gasteiger partial charge in [0.15, 0.2) is 0 Å². The third kappa shape index (κ3) is 6.14. The number of aromatic nitrogens is 7. The second kappa shape index (κ2) is 15.0. The number of rotatable bonds is 9. The molecule has 0 bridgehead atoms. The number of halogens is 2. The Morgan fingerprint density at radius 3 is 2.41 bits per heavy atom. The van der Waals surface area contributed by atoms with Crippen molar-refractivity contribution in [1.29, 1.82) is 0 Å². The molecule has 15 nitrogen and oxygen atoms in total. The van der Waals surface area contributed by atoms with Crippen LogP contribution < -0.4 is 16.5 Å². The van der Waals surface area contributed by atoms with Gasteiger partial charge in [-0.1, -0.05) is 13.0 Å². The Labute approximate surface area is 366 Å². The van der Waals surface area contributed by atoms with E-state index in [1.165, 1.54) is 14.7 Å². The van der Waals surface area contributed by atoms with Crippen LogP contribution in [0.25, 0.3) is 39.0 Å². The lowest BCUT2D eigenvalue weighted by atomic mass is 9.91. The molecular formula is C47H48F2N10O5. The molecule has 4 atom stereocenters. The average Bonchev–Trinajstić information content (AvgIpc) is 3.94. The first-order valence-corrected chi connectivity index (χ1v) is 22.0. The van der Waals surface area contributed by atoms with Gasteiger partial charge in [-0.05, 0) is 117 Å². The summed E-state index contributed by atoms with van der Waals surface area (Å²) in [6, 6.07) is 16.7.